The Morgan fingerprint density at radius 3 is 2.56 bits per heavy atom. The van der Waals surface area contributed by atoms with Crippen LogP contribution in [0.3, 0.4) is 0 Å². The van der Waals surface area contributed by atoms with Gasteiger partial charge in [0.25, 0.3) is 0 Å². The molecule has 0 unspecified atom stereocenters. The molecule has 0 bridgehead atoms. The Kier molecular flexibility index (Phi) is 6.33. The number of hydrogen-bond donors (Lipinski definition) is 0. The van der Waals surface area contributed by atoms with Crippen molar-refractivity contribution in [3.63, 3.8) is 0 Å². The fourth-order valence-corrected chi connectivity index (χ4v) is 3.12. The van der Waals surface area contributed by atoms with Crippen molar-refractivity contribution in [3.8, 4) is 0 Å². The molecule has 2 aliphatic heterocycles. The van der Waals surface area contributed by atoms with Gasteiger partial charge in [0.2, 0.25) is 0 Å². The van der Waals surface area contributed by atoms with Crippen molar-refractivity contribution in [3.05, 3.63) is 11.8 Å². The fourth-order valence-electron chi connectivity index (χ4n) is 1.93. The average Bonchev–Trinajstić information content (AvgIpc) is 2.44. The van der Waals surface area contributed by atoms with Crippen LogP contribution in [0.1, 0.15) is 59.3 Å². The van der Waals surface area contributed by atoms with Gasteiger partial charge in [-0.25, -0.2) is 0 Å². The van der Waals surface area contributed by atoms with Crippen LogP contribution in [0.15, 0.2) is 11.8 Å². The summed E-state index contributed by atoms with van der Waals surface area (Å²) < 4.78 is 5.72. The van der Waals surface area contributed by atoms with Crippen molar-refractivity contribution >= 4 is 11.8 Å². The summed E-state index contributed by atoms with van der Waals surface area (Å²) >= 11 is 2.14. The molecule has 0 spiro atoms. The second kappa shape index (κ2) is 7.26. The van der Waals surface area contributed by atoms with Gasteiger partial charge < -0.3 is 4.74 Å². The van der Waals surface area contributed by atoms with Crippen molar-refractivity contribution in [1.29, 1.82) is 0 Å². The smallest absolute Gasteiger partial charge is 0.0889 e. The lowest BCUT2D eigenvalue weighted by Crippen LogP contribution is -2.12. The molecule has 2 heterocycles. The lowest BCUT2D eigenvalue weighted by molar-refractivity contribution is 0.195. The maximum absolute atomic E-state index is 5.14. The number of hydrogen-bond acceptors (Lipinski definition) is 2. The van der Waals surface area contributed by atoms with Crippen LogP contribution < -0.4 is 0 Å². The first-order valence-electron chi connectivity index (χ1n) is 6.54. The Labute approximate surface area is 105 Å². The van der Waals surface area contributed by atoms with E-state index in [-0.39, 0.29) is 0 Å². The van der Waals surface area contributed by atoms with Gasteiger partial charge >= 0.3 is 0 Å². The van der Waals surface area contributed by atoms with Crippen molar-refractivity contribution < 1.29 is 4.74 Å². The second-order valence-electron chi connectivity index (χ2n) is 5.22. The number of rotatable bonds is 0. The Morgan fingerprint density at radius 1 is 1.19 bits per heavy atom. The normalized spacial score (nSPS) is 24.3. The molecule has 0 amide bonds. The van der Waals surface area contributed by atoms with E-state index in [1.807, 2.05) is 6.92 Å². The molecule has 0 aromatic carbocycles. The van der Waals surface area contributed by atoms with Gasteiger partial charge in [-0.05, 0) is 44.4 Å². The van der Waals surface area contributed by atoms with Crippen LogP contribution in [0.25, 0.3) is 0 Å². The predicted molar refractivity (Wildman–Crippen MR) is 73.9 cm³/mol. The zero-order valence-electron chi connectivity index (χ0n) is 11.1. The minimum atomic E-state index is 0.580. The van der Waals surface area contributed by atoms with E-state index >= 15 is 0 Å². The predicted octanol–water partition coefficient (Wildman–Crippen LogP) is 4.77. The summed E-state index contributed by atoms with van der Waals surface area (Å²) in [6, 6.07) is 0. The molecule has 94 valence electrons. The van der Waals surface area contributed by atoms with Crippen LogP contribution in [0.2, 0.25) is 0 Å². The summed E-state index contributed by atoms with van der Waals surface area (Å²) in [6.45, 7) is 7.65. The van der Waals surface area contributed by atoms with Crippen molar-refractivity contribution in [2.45, 2.75) is 64.0 Å². The Bertz CT molecular complexity index is 211. The Balaban J connectivity index is 0.000000165. The molecule has 0 radical (unpaired) electrons. The molecule has 0 aromatic rings. The molecule has 0 atom stereocenters. The first-order chi connectivity index (χ1) is 7.60. The van der Waals surface area contributed by atoms with Gasteiger partial charge in [-0.2, -0.15) is 11.8 Å². The van der Waals surface area contributed by atoms with Crippen LogP contribution in [0.5, 0.6) is 0 Å². The summed E-state index contributed by atoms with van der Waals surface area (Å²) in [7, 11) is 0. The summed E-state index contributed by atoms with van der Waals surface area (Å²) in [5.74, 6) is 2.47. The van der Waals surface area contributed by atoms with Crippen molar-refractivity contribution in [2.75, 3.05) is 12.4 Å². The van der Waals surface area contributed by atoms with E-state index in [0.29, 0.717) is 4.75 Å². The largest absolute Gasteiger partial charge is 0.499 e. The topological polar surface area (TPSA) is 9.23 Å². The van der Waals surface area contributed by atoms with Gasteiger partial charge in [0, 0.05) is 4.75 Å². The first kappa shape index (κ1) is 14.0. The molecule has 0 aliphatic carbocycles. The molecule has 0 N–H and O–H groups in total. The third-order valence-corrected chi connectivity index (χ3v) is 4.50. The number of thioether (sulfide) groups is 1. The van der Waals surface area contributed by atoms with Crippen LogP contribution in [-0.4, -0.2) is 17.1 Å². The molecule has 1 nitrogen and oxygen atoms in total. The summed E-state index contributed by atoms with van der Waals surface area (Å²) in [4.78, 5) is 0. The van der Waals surface area contributed by atoms with E-state index in [0.717, 1.165) is 12.4 Å². The average molecular weight is 242 g/mol. The van der Waals surface area contributed by atoms with E-state index in [1.54, 1.807) is 0 Å². The van der Waals surface area contributed by atoms with E-state index in [1.165, 1.54) is 44.3 Å². The molecule has 16 heavy (non-hydrogen) atoms. The SMILES string of the molecule is CC1(C)CCCCCS1.CC1=CCCCO1. The standard InChI is InChI=1S/C8H16S.C6H10O/c1-8(2)6-4-3-5-7-9-8;1-6-4-2-3-5-7-6/h3-7H2,1-2H3;4H,2-3,5H2,1H3. The van der Waals surface area contributed by atoms with Gasteiger partial charge in [-0.15, -0.1) is 0 Å². The molecule has 1 fully saturated rings. The zero-order chi connectivity index (χ0) is 11.9. The van der Waals surface area contributed by atoms with Crippen LogP contribution in [0, 0.1) is 0 Å². The minimum Gasteiger partial charge on any atom is -0.499 e. The summed E-state index contributed by atoms with van der Waals surface area (Å²) in [5.41, 5.74) is 0. The fraction of sp³-hybridized carbons (Fsp3) is 0.857. The van der Waals surface area contributed by atoms with E-state index in [4.69, 9.17) is 4.74 Å². The highest BCUT2D eigenvalue weighted by atomic mass is 32.2. The van der Waals surface area contributed by atoms with Crippen molar-refractivity contribution in [1.82, 2.24) is 0 Å². The van der Waals surface area contributed by atoms with Crippen LogP contribution in [0.4, 0.5) is 0 Å². The number of ether oxygens (including phenoxy) is 1. The zero-order valence-corrected chi connectivity index (χ0v) is 11.9. The van der Waals surface area contributed by atoms with Gasteiger partial charge in [0.15, 0.2) is 0 Å². The lowest BCUT2D eigenvalue weighted by atomic mass is 10.1. The maximum atomic E-state index is 5.14. The maximum Gasteiger partial charge on any atom is 0.0889 e. The quantitative estimate of drug-likeness (QED) is 0.605. The minimum absolute atomic E-state index is 0.580. The van der Waals surface area contributed by atoms with Crippen LogP contribution >= 0.6 is 11.8 Å². The molecule has 0 saturated carbocycles. The molecule has 0 aromatic heterocycles. The highest BCUT2D eigenvalue weighted by Crippen LogP contribution is 2.33. The van der Waals surface area contributed by atoms with Gasteiger partial charge in [0.1, 0.15) is 0 Å². The number of allylic oxidation sites excluding steroid dienone is 2. The molecular formula is C14H26OS. The van der Waals surface area contributed by atoms with Gasteiger partial charge in [0.05, 0.1) is 12.4 Å². The van der Waals surface area contributed by atoms with E-state index in [9.17, 15) is 0 Å². The molecule has 2 heteroatoms. The lowest BCUT2D eigenvalue weighted by Gasteiger charge is -2.20. The van der Waals surface area contributed by atoms with E-state index < -0.39 is 0 Å². The molecule has 2 rings (SSSR count). The highest BCUT2D eigenvalue weighted by Gasteiger charge is 2.19. The van der Waals surface area contributed by atoms with Gasteiger partial charge in [-0.3, -0.25) is 0 Å². The third kappa shape index (κ3) is 6.47. The first-order valence-corrected chi connectivity index (χ1v) is 7.52. The Morgan fingerprint density at radius 2 is 2.00 bits per heavy atom. The van der Waals surface area contributed by atoms with Crippen molar-refractivity contribution in [2.24, 2.45) is 0 Å². The van der Waals surface area contributed by atoms with E-state index in [2.05, 4.69) is 31.7 Å². The monoisotopic (exact) mass is 242 g/mol. The van der Waals surface area contributed by atoms with Crippen LogP contribution in [-0.2, 0) is 4.74 Å². The molecule has 2 aliphatic rings. The summed E-state index contributed by atoms with van der Waals surface area (Å²) in [6.07, 6.45) is 10.3. The Hall–Kier alpha value is -0.110. The third-order valence-electron chi connectivity index (χ3n) is 3.03. The summed E-state index contributed by atoms with van der Waals surface area (Å²) in [5, 5.41) is 0. The second-order valence-corrected chi connectivity index (χ2v) is 7.03. The highest BCUT2D eigenvalue weighted by molar-refractivity contribution is 8.00. The van der Waals surface area contributed by atoms with Gasteiger partial charge in [-0.1, -0.05) is 26.7 Å². The molecular weight excluding hydrogens is 216 g/mol. The molecule has 1 saturated heterocycles.